The average molecular weight is 250 g/mol. The highest BCUT2D eigenvalue weighted by molar-refractivity contribution is 5.61. The molecule has 0 heterocycles. The fraction of sp³-hybridized carbons (Fsp3) is 0.368. The van der Waals surface area contributed by atoms with Crippen LogP contribution in [0, 0.1) is 10.8 Å². The van der Waals surface area contributed by atoms with E-state index in [9.17, 15) is 0 Å². The van der Waals surface area contributed by atoms with Crippen LogP contribution in [0.4, 0.5) is 0 Å². The molecule has 0 N–H and O–H groups in total. The molecule has 0 saturated heterocycles. The minimum Gasteiger partial charge on any atom is -0.0841 e. The average Bonchev–Trinajstić information content (AvgIpc) is 3.09. The van der Waals surface area contributed by atoms with Crippen molar-refractivity contribution in [3.05, 3.63) is 65.8 Å². The second kappa shape index (κ2) is 4.52. The van der Waals surface area contributed by atoms with Crippen LogP contribution >= 0.6 is 0 Å². The number of hydrogen-bond acceptors (Lipinski definition) is 0. The first-order valence-corrected chi connectivity index (χ1v) is 7.46. The summed E-state index contributed by atoms with van der Waals surface area (Å²) in [4.78, 5) is 0. The molecule has 1 aromatic carbocycles. The fourth-order valence-electron chi connectivity index (χ4n) is 3.57. The Morgan fingerprint density at radius 3 is 2.63 bits per heavy atom. The SMILES string of the molecule is C1=CC23C=Cc4ccccc4CC2(C=CC1)C3.CC. The molecule has 0 spiro atoms. The second-order valence-corrected chi connectivity index (χ2v) is 5.62. The minimum atomic E-state index is 0.318. The number of allylic oxidation sites excluding steroid dienone is 5. The van der Waals surface area contributed by atoms with Gasteiger partial charge in [-0.25, -0.2) is 0 Å². The Morgan fingerprint density at radius 2 is 1.74 bits per heavy atom. The van der Waals surface area contributed by atoms with E-state index >= 15 is 0 Å². The van der Waals surface area contributed by atoms with E-state index in [0.717, 1.165) is 6.42 Å². The molecule has 3 aliphatic rings. The number of rotatable bonds is 0. The third kappa shape index (κ3) is 1.82. The Morgan fingerprint density at radius 1 is 0.947 bits per heavy atom. The quantitative estimate of drug-likeness (QED) is 0.557. The Bertz CT molecular complexity index is 561. The first-order chi connectivity index (χ1) is 9.34. The molecule has 1 fully saturated rings. The van der Waals surface area contributed by atoms with Gasteiger partial charge in [0.1, 0.15) is 0 Å². The minimum absolute atomic E-state index is 0.318. The van der Waals surface area contributed by atoms with E-state index in [0.29, 0.717) is 10.8 Å². The van der Waals surface area contributed by atoms with Gasteiger partial charge >= 0.3 is 0 Å². The highest BCUT2D eigenvalue weighted by atomic mass is 14.7. The van der Waals surface area contributed by atoms with Gasteiger partial charge in [-0.15, -0.1) is 0 Å². The van der Waals surface area contributed by atoms with Gasteiger partial charge in [-0.1, -0.05) is 74.6 Å². The highest BCUT2D eigenvalue weighted by Gasteiger charge is 2.63. The third-order valence-corrected chi connectivity index (χ3v) is 4.66. The molecule has 98 valence electrons. The van der Waals surface area contributed by atoms with Gasteiger partial charge in [-0.3, -0.25) is 0 Å². The van der Waals surface area contributed by atoms with Crippen molar-refractivity contribution < 1.29 is 0 Å². The Kier molecular flexibility index (Phi) is 2.97. The lowest BCUT2D eigenvalue weighted by Gasteiger charge is -2.15. The van der Waals surface area contributed by atoms with Crippen LogP contribution in [0.5, 0.6) is 0 Å². The van der Waals surface area contributed by atoms with Crippen molar-refractivity contribution in [3.8, 4) is 0 Å². The zero-order valence-corrected chi connectivity index (χ0v) is 11.9. The first-order valence-electron chi connectivity index (χ1n) is 7.46. The lowest BCUT2D eigenvalue weighted by atomic mass is 9.88. The van der Waals surface area contributed by atoms with Crippen LogP contribution in [0.3, 0.4) is 0 Å². The van der Waals surface area contributed by atoms with E-state index in [4.69, 9.17) is 0 Å². The lowest BCUT2D eigenvalue weighted by Crippen LogP contribution is -2.09. The molecule has 0 aliphatic heterocycles. The summed E-state index contributed by atoms with van der Waals surface area (Å²) in [6, 6.07) is 8.81. The fourth-order valence-corrected chi connectivity index (χ4v) is 3.57. The molecular formula is C19H22. The molecule has 0 nitrogen and oxygen atoms in total. The predicted molar refractivity (Wildman–Crippen MR) is 82.9 cm³/mol. The smallest absolute Gasteiger partial charge is 0.0168 e. The van der Waals surface area contributed by atoms with Gasteiger partial charge in [-0.2, -0.15) is 0 Å². The molecule has 2 atom stereocenters. The summed E-state index contributed by atoms with van der Waals surface area (Å²) in [6.07, 6.45) is 17.9. The van der Waals surface area contributed by atoms with Gasteiger partial charge in [0.05, 0.1) is 0 Å². The van der Waals surface area contributed by atoms with Crippen LogP contribution in [0.15, 0.2) is 54.6 Å². The summed E-state index contributed by atoms with van der Waals surface area (Å²) in [6.45, 7) is 4.00. The predicted octanol–water partition coefficient (Wildman–Crippen LogP) is 5.17. The van der Waals surface area contributed by atoms with Crippen molar-refractivity contribution in [3.63, 3.8) is 0 Å². The molecule has 0 aromatic heterocycles. The molecule has 3 aliphatic carbocycles. The Labute approximate surface area is 116 Å². The number of benzene rings is 1. The van der Waals surface area contributed by atoms with Crippen LogP contribution in [0.1, 0.15) is 37.8 Å². The maximum absolute atomic E-state index is 2.47. The van der Waals surface area contributed by atoms with Crippen molar-refractivity contribution >= 4 is 6.08 Å². The second-order valence-electron chi connectivity index (χ2n) is 5.62. The van der Waals surface area contributed by atoms with Gasteiger partial charge in [-0.05, 0) is 30.4 Å². The lowest BCUT2D eigenvalue weighted by molar-refractivity contribution is 0.553. The van der Waals surface area contributed by atoms with Crippen molar-refractivity contribution in [2.45, 2.75) is 33.1 Å². The third-order valence-electron chi connectivity index (χ3n) is 4.66. The topological polar surface area (TPSA) is 0 Å². The maximum atomic E-state index is 2.47. The zero-order valence-electron chi connectivity index (χ0n) is 11.9. The van der Waals surface area contributed by atoms with E-state index in [-0.39, 0.29) is 0 Å². The van der Waals surface area contributed by atoms with Crippen LogP contribution < -0.4 is 0 Å². The largest absolute Gasteiger partial charge is 0.0841 e. The summed E-state index contributed by atoms with van der Waals surface area (Å²) in [5, 5.41) is 0. The molecule has 0 heteroatoms. The van der Waals surface area contributed by atoms with Crippen molar-refractivity contribution in [1.29, 1.82) is 0 Å². The van der Waals surface area contributed by atoms with E-state index in [1.54, 1.807) is 0 Å². The normalized spacial score (nSPS) is 32.9. The summed E-state index contributed by atoms with van der Waals surface area (Å²) in [5.41, 5.74) is 3.60. The molecule has 0 radical (unpaired) electrons. The van der Waals surface area contributed by atoms with Gasteiger partial charge < -0.3 is 0 Å². The number of hydrogen-bond donors (Lipinski definition) is 0. The zero-order chi connectivity index (χ0) is 13.3. The molecule has 19 heavy (non-hydrogen) atoms. The molecule has 1 saturated carbocycles. The van der Waals surface area contributed by atoms with Crippen molar-refractivity contribution in [2.75, 3.05) is 0 Å². The van der Waals surface area contributed by atoms with E-state index in [1.807, 2.05) is 13.8 Å². The summed E-state index contributed by atoms with van der Waals surface area (Å²) in [7, 11) is 0. The van der Waals surface area contributed by atoms with Crippen LogP contribution in [0.25, 0.3) is 6.08 Å². The van der Waals surface area contributed by atoms with Gasteiger partial charge in [0.15, 0.2) is 0 Å². The molecule has 0 amide bonds. The monoisotopic (exact) mass is 250 g/mol. The highest BCUT2D eigenvalue weighted by Crippen LogP contribution is 2.70. The Hall–Kier alpha value is -1.56. The van der Waals surface area contributed by atoms with Crippen LogP contribution in [-0.4, -0.2) is 0 Å². The molecule has 0 bridgehead atoms. The molecule has 2 unspecified atom stereocenters. The van der Waals surface area contributed by atoms with E-state index in [2.05, 4.69) is 60.7 Å². The summed E-state index contributed by atoms with van der Waals surface area (Å²) < 4.78 is 0. The summed E-state index contributed by atoms with van der Waals surface area (Å²) >= 11 is 0. The van der Waals surface area contributed by atoms with Gasteiger partial charge in [0.2, 0.25) is 0 Å². The molecular weight excluding hydrogens is 228 g/mol. The summed E-state index contributed by atoms with van der Waals surface area (Å²) in [5.74, 6) is 0. The van der Waals surface area contributed by atoms with E-state index < -0.39 is 0 Å². The molecule has 1 aromatic rings. The standard InChI is InChI=1S/C17H16.C2H6/c1-4-9-16-11-8-14-6-2-3-7-15(14)12-17(16,13-16)10-5-1;1-2/h2-11H,1,12-13H2;1-2H3. The van der Waals surface area contributed by atoms with Crippen LogP contribution in [-0.2, 0) is 6.42 Å². The maximum Gasteiger partial charge on any atom is 0.0168 e. The van der Waals surface area contributed by atoms with Crippen molar-refractivity contribution in [1.82, 2.24) is 0 Å². The van der Waals surface area contributed by atoms with Crippen molar-refractivity contribution in [2.24, 2.45) is 10.8 Å². The number of fused-ring (bicyclic) bond motifs is 1. The van der Waals surface area contributed by atoms with Gasteiger partial charge in [0, 0.05) is 10.8 Å². The molecule has 4 rings (SSSR count). The Balaban J connectivity index is 0.000000528. The van der Waals surface area contributed by atoms with Crippen LogP contribution in [0.2, 0.25) is 0 Å². The van der Waals surface area contributed by atoms with E-state index in [1.165, 1.54) is 24.0 Å². The van der Waals surface area contributed by atoms with Gasteiger partial charge in [0.25, 0.3) is 0 Å². The first kappa shape index (κ1) is 12.5.